The van der Waals surface area contributed by atoms with Gasteiger partial charge in [0.15, 0.2) is 5.78 Å². The van der Waals surface area contributed by atoms with Crippen molar-refractivity contribution in [2.45, 2.75) is 40.5 Å². The summed E-state index contributed by atoms with van der Waals surface area (Å²) >= 11 is 0. The fourth-order valence-corrected chi connectivity index (χ4v) is 3.05. The van der Waals surface area contributed by atoms with Gasteiger partial charge >= 0.3 is 0 Å². The molecule has 2 bridgehead atoms. The van der Waals surface area contributed by atoms with Gasteiger partial charge in [-0.15, -0.1) is 0 Å². The van der Waals surface area contributed by atoms with E-state index >= 15 is 0 Å². The molecule has 2 aliphatic rings. The highest BCUT2D eigenvalue weighted by atomic mass is 16.1. The number of fused-ring (bicyclic) bond motifs is 2. The van der Waals surface area contributed by atoms with Crippen molar-refractivity contribution >= 4 is 5.78 Å². The van der Waals surface area contributed by atoms with Crippen LogP contribution in [0.3, 0.4) is 0 Å². The summed E-state index contributed by atoms with van der Waals surface area (Å²) in [6.07, 6.45) is 4.45. The Labute approximate surface area is 80.2 Å². The third-order valence-electron chi connectivity index (χ3n) is 4.61. The van der Waals surface area contributed by atoms with Gasteiger partial charge in [-0.05, 0) is 36.7 Å². The normalized spacial score (nSPS) is 42.0. The number of ketones is 1. The topological polar surface area (TPSA) is 17.1 Å². The Hall–Kier alpha value is -0.590. The lowest BCUT2D eigenvalue weighted by molar-refractivity contribution is -0.130. The van der Waals surface area contributed by atoms with Crippen molar-refractivity contribution in [2.75, 3.05) is 0 Å². The maximum absolute atomic E-state index is 12.1. The van der Waals surface area contributed by atoms with Crippen molar-refractivity contribution in [2.24, 2.45) is 16.7 Å². The van der Waals surface area contributed by atoms with Crippen LogP contribution >= 0.6 is 0 Å². The molecule has 1 fully saturated rings. The first-order valence-electron chi connectivity index (χ1n) is 5.13. The maximum atomic E-state index is 12.1. The summed E-state index contributed by atoms with van der Waals surface area (Å²) in [7, 11) is 0. The maximum Gasteiger partial charge on any atom is 0.164 e. The van der Waals surface area contributed by atoms with Crippen LogP contribution in [0.1, 0.15) is 40.5 Å². The molecule has 0 aromatic carbocycles. The molecule has 0 spiro atoms. The van der Waals surface area contributed by atoms with Crippen LogP contribution in [0.4, 0.5) is 0 Å². The van der Waals surface area contributed by atoms with Crippen molar-refractivity contribution in [1.82, 2.24) is 0 Å². The number of hydrogen-bond donors (Lipinski definition) is 0. The Kier molecular flexibility index (Phi) is 1.56. The predicted octanol–water partition coefficient (Wildman–Crippen LogP) is 2.96. The van der Waals surface area contributed by atoms with E-state index in [2.05, 4.69) is 26.8 Å². The zero-order valence-corrected chi connectivity index (χ0v) is 8.98. The third kappa shape index (κ3) is 0.853. The molecular formula is C12H18O. The van der Waals surface area contributed by atoms with E-state index < -0.39 is 0 Å². The second kappa shape index (κ2) is 2.26. The first kappa shape index (κ1) is 8.98. The molecule has 2 atom stereocenters. The molecular weight excluding hydrogens is 160 g/mol. The third-order valence-corrected chi connectivity index (χ3v) is 4.61. The molecule has 2 unspecified atom stereocenters. The Morgan fingerprint density at radius 3 is 2.62 bits per heavy atom. The van der Waals surface area contributed by atoms with Crippen molar-refractivity contribution in [3.05, 3.63) is 11.6 Å². The predicted molar refractivity (Wildman–Crippen MR) is 53.4 cm³/mol. The molecule has 13 heavy (non-hydrogen) atoms. The van der Waals surface area contributed by atoms with Gasteiger partial charge in [0.2, 0.25) is 0 Å². The van der Waals surface area contributed by atoms with E-state index in [0.29, 0.717) is 11.7 Å². The summed E-state index contributed by atoms with van der Waals surface area (Å²) < 4.78 is 0. The lowest BCUT2D eigenvalue weighted by Gasteiger charge is -2.43. The van der Waals surface area contributed by atoms with Gasteiger partial charge in [0, 0.05) is 5.41 Å². The summed E-state index contributed by atoms with van der Waals surface area (Å²) in [4.78, 5) is 12.1. The van der Waals surface area contributed by atoms with Crippen LogP contribution in [0.2, 0.25) is 0 Å². The smallest absolute Gasteiger partial charge is 0.164 e. The van der Waals surface area contributed by atoms with E-state index in [1.54, 1.807) is 0 Å². The quantitative estimate of drug-likeness (QED) is 0.557. The lowest BCUT2D eigenvalue weighted by Crippen LogP contribution is -2.43. The lowest BCUT2D eigenvalue weighted by atomic mass is 9.59. The second-order valence-corrected chi connectivity index (χ2v) is 5.38. The van der Waals surface area contributed by atoms with Crippen LogP contribution in [0.5, 0.6) is 0 Å². The van der Waals surface area contributed by atoms with Gasteiger partial charge < -0.3 is 0 Å². The number of hydrogen-bond acceptors (Lipinski definition) is 1. The monoisotopic (exact) mass is 178 g/mol. The molecule has 1 nitrogen and oxygen atoms in total. The first-order chi connectivity index (χ1) is 5.89. The van der Waals surface area contributed by atoms with Gasteiger partial charge in [0.1, 0.15) is 0 Å². The van der Waals surface area contributed by atoms with Crippen LogP contribution in [-0.4, -0.2) is 5.78 Å². The number of allylic oxidation sites excluding steroid dienone is 2. The molecule has 0 aliphatic heterocycles. The Morgan fingerprint density at radius 2 is 2.00 bits per heavy atom. The largest absolute Gasteiger partial charge is 0.294 e. The number of carbonyl (C=O) groups is 1. The Balaban J connectivity index is 2.57. The fraction of sp³-hybridized carbons (Fsp3) is 0.750. The average molecular weight is 178 g/mol. The van der Waals surface area contributed by atoms with Gasteiger partial charge in [-0.1, -0.05) is 26.8 Å². The minimum atomic E-state index is -0.0868. The van der Waals surface area contributed by atoms with Crippen LogP contribution in [-0.2, 0) is 4.79 Å². The van der Waals surface area contributed by atoms with Gasteiger partial charge in [0.25, 0.3) is 0 Å². The highest BCUT2D eigenvalue weighted by Crippen LogP contribution is 2.60. The van der Waals surface area contributed by atoms with Crippen molar-refractivity contribution < 1.29 is 4.79 Å². The van der Waals surface area contributed by atoms with E-state index in [4.69, 9.17) is 0 Å². The van der Waals surface area contributed by atoms with Crippen molar-refractivity contribution in [1.29, 1.82) is 0 Å². The van der Waals surface area contributed by atoms with Gasteiger partial charge in [-0.3, -0.25) is 4.79 Å². The van der Waals surface area contributed by atoms with Crippen LogP contribution in [0, 0.1) is 16.7 Å². The van der Waals surface area contributed by atoms with E-state index in [0.717, 1.165) is 12.0 Å². The molecule has 1 heteroatoms. The summed E-state index contributed by atoms with van der Waals surface area (Å²) in [6, 6.07) is 0. The molecule has 0 aromatic rings. The molecule has 0 saturated heterocycles. The van der Waals surface area contributed by atoms with Gasteiger partial charge in [0.05, 0.1) is 0 Å². The minimum absolute atomic E-state index is 0.0868. The molecule has 0 radical (unpaired) electrons. The zero-order chi connectivity index (χ0) is 9.85. The van der Waals surface area contributed by atoms with E-state index in [1.807, 2.05) is 6.92 Å². The van der Waals surface area contributed by atoms with Crippen molar-refractivity contribution in [3.8, 4) is 0 Å². The summed E-state index contributed by atoms with van der Waals surface area (Å²) in [6.45, 7) is 8.59. The molecule has 72 valence electrons. The highest BCUT2D eigenvalue weighted by molar-refractivity contribution is 6.01. The van der Waals surface area contributed by atoms with Crippen LogP contribution < -0.4 is 0 Å². The zero-order valence-electron chi connectivity index (χ0n) is 8.98. The van der Waals surface area contributed by atoms with E-state index in [-0.39, 0.29) is 10.8 Å². The second-order valence-electron chi connectivity index (χ2n) is 5.38. The minimum Gasteiger partial charge on any atom is -0.294 e. The first-order valence-corrected chi connectivity index (χ1v) is 5.13. The number of rotatable bonds is 0. The summed E-state index contributed by atoms with van der Waals surface area (Å²) in [5, 5.41) is 0. The SMILES string of the molecule is CC1=CC2CCC(C)(C1=O)C2(C)C. The Bertz CT molecular complexity index is 298. The van der Waals surface area contributed by atoms with Gasteiger partial charge in [-0.25, -0.2) is 0 Å². The van der Waals surface area contributed by atoms with E-state index in [1.165, 1.54) is 6.42 Å². The number of carbonyl (C=O) groups excluding carboxylic acids is 1. The number of Topliss-reactive ketones (excluding diaryl/α,β-unsaturated/α-hetero) is 1. The van der Waals surface area contributed by atoms with Gasteiger partial charge in [-0.2, -0.15) is 0 Å². The molecule has 0 aromatic heterocycles. The molecule has 0 amide bonds. The summed E-state index contributed by atoms with van der Waals surface area (Å²) in [5.74, 6) is 1.00. The standard InChI is InChI=1S/C12H18O/c1-8-7-9-5-6-12(4,10(8)13)11(9,2)3/h7,9H,5-6H2,1-4H3. The molecule has 1 saturated carbocycles. The van der Waals surface area contributed by atoms with E-state index in [9.17, 15) is 4.79 Å². The highest BCUT2D eigenvalue weighted by Gasteiger charge is 2.57. The molecule has 0 heterocycles. The Morgan fingerprint density at radius 1 is 1.38 bits per heavy atom. The molecule has 0 N–H and O–H groups in total. The summed E-state index contributed by atoms with van der Waals surface area (Å²) in [5.41, 5.74) is 1.07. The van der Waals surface area contributed by atoms with Crippen molar-refractivity contribution in [3.63, 3.8) is 0 Å². The molecule has 2 rings (SSSR count). The average Bonchev–Trinajstić information content (AvgIpc) is 2.18. The van der Waals surface area contributed by atoms with Crippen LogP contribution in [0.25, 0.3) is 0 Å². The molecule has 2 aliphatic carbocycles. The fourth-order valence-electron chi connectivity index (χ4n) is 3.05. The van der Waals surface area contributed by atoms with Crippen LogP contribution in [0.15, 0.2) is 11.6 Å².